The molecular formula is C22H19Cl3N5O6S2-. The van der Waals surface area contributed by atoms with Crippen LogP contribution in [0.3, 0.4) is 0 Å². The van der Waals surface area contributed by atoms with Gasteiger partial charge in [0.2, 0.25) is 15.8 Å². The van der Waals surface area contributed by atoms with E-state index in [1.54, 1.807) is 4.90 Å². The molecule has 11 nitrogen and oxygen atoms in total. The van der Waals surface area contributed by atoms with Crippen LogP contribution in [0, 0.1) is 0 Å². The zero-order valence-corrected chi connectivity index (χ0v) is 23.2. The number of hydrogen-bond acceptors (Lipinski definition) is 9. The fourth-order valence-corrected chi connectivity index (χ4v) is 6.37. The first-order valence-electron chi connectivity index (χ1n) is 11.0. The van der Waals surface area contributed by atoms with Crippen LogP contribution in [0.15, 0.2) is 58.5 Å². The zero-order valence-electron chi connectivity index (χ0n) is 19.3. The molecule has 1 aliphatic rings. The smallest absolute Gasteiger partial charge is 0.340 e. The van der Waals surface area contributed by atoms with Crippen LogP contribution in [0.2, 0.25) is 15.1 Å². The van der Waals surface area contributed by atoms with Crippen molar-refractivity contribution in [1.29, 1.82) is 0 Å². The Balaban J connectivity index is 1.81. The molecule has 1 aromatic heterocycles. The highest BCUT2D eigenvalue weighted by molar-refractivity contribution is 7.91. The molecule has 0 saturated carbocycles. The van der Waals surface area contributed by atoms with Crippen molar-refractivity contribution < 1.29 is 26.2 Å². The third-order valence-corrected chi connectivity index (χ3v) is 8.93. The van der Waals surface area contributed by atoms with E-state index in [0.29, 0.717) is 18.1 Å². The lowest BCUT2D eigenvalue weighted by molar-refractivity contribution is 0.259. The predicted molar refractivity (Wildman–Crippen MR) is 143 cm³/mol. The third kappa shape index (κ3) is 6.14. The summed E-state index contributed by atoms with van der Waals surface area (Å²) < 4.78 is 63.0. The van der Waals surface area contributed by atoms with E-state index in [9.17, 15) is 26.2 Å². The van der Waals surface area contributed by atoms with Crippen molar-refractivity contribution >= 4 is 78.4 Å². The van der Waals surface area contributed by atoms with Crippen molar-refractivity contribution in [2.24, 2.45) is 0 Å². The summed E-state index contributed by atoms with van der Waals surface area (Å²) in [5, 5.41) is 2.27. The summed E-state index contributed by atoms with van der Waals surface area (Å²) in [6.07, 6.45) is 3.73. The number of urea groups is 1. The normalized spacial score (nSPS) is 14.3. The van der Waals surface area contributed by atoms with Gasteiger partial charge in [-0.1, -0.05) is 34.8 Å². The van der Waals surface area contributed by atoms with Gasteiger partial charge in [-0.3, -0.25) is 5.32 Å². The number of nitrogens with one attached hydrogen (secondary N) is 1. The van der Waals surface area contributed by atoms with Crippen molar-refractivity contribution in [3.8, 4) is 0 Å². The molecule has 3 aromatic rings. The number of sulfone groups is 1. The van der Waals surface area contributed by atoms with Crippen molar-refractivity contribution in [3.05, 3.63) is 63.7 Å². The maximum atomic E-state index is 13.4. The molecule has 0 unspecified atom stereocenters. The number of amides is 2. The van der Waals surface area contributed by atoms with Crippen LogP contribution in [-0.2, 0) is 20.1 Å². The quantitative estimate of drug-likeness (QED) is 0.385. The predicted octanol–water partition coefficient (Wildman–Crippen LogP) is 4.76. The molecular weight excluding hydrogens is 601 g/mol. The Hall–Kier alpha value is -2.68. The van der Waals surface area contributed by atoms with E-state index in [0.717, 1.165) is 37.6 Å². The number of aromatic nitrogens is 2. The Kier molecular flexibility index (Phi) is 8.35. The number of halogens is 3. The van der Waals surface area contributed by atoms with E-state index in [1.807, 2.05) is 0 Å². The van der Waals surface area contributed by atoms with Crippen LogP contribution in [0.4, 0.5) is 22.2 Å². The number of rotatable bonds is 6. The molecule has 38 heavy (non-hydrogen) atoms. The minimum atomic E-state index is -5.48. The highest BCUT2D eigenvalue weighted by Crippen LogP contribution is 2.33. The van der Waals surface area contributed by atoms with Gasteiger partial charge in [0.15, 0.2) is 16.1 Å². The van der Waals surface area contributed by atoms with Crippen molar-refractivity contribution in [3.63, 3.8) is 0 Å². The van der Waals surface area contributed by atoms with E-state index in [-0.39, 0.29) is 25.2 Å². The Morgan fingerprint density at radius 2 is 1.58 bits per heavy atom. The van der Waals surface area contributed by atoms with Gasteiger partial charge < -0.3 is 9.45 Å². The van der Waals surface area contributed by atoms with Crippen molar-refractivity contribution in [2.45, 2.75) is 29.1 Å². The van der Waals surface area contributed by atoms with E-state index < -0.39 is 42.6 Å². The molecule has 0 atom stereocenters. The number of carbonyl (C=O) groups is 1. The minimum absolute atomic E-state index is 0.121. The average molecular weight is 620 g/mol. The number of hydrogen-bond donors (Lipinski definition) is 1. The summed E-state index contributed by atoms with van der Waals surface area (Å²) in [6.45, 7) is 1.19. The number of piperidine rings is 1. The Morgan fingerprint density at radius 1 is 0.947 bits per heavy atom. The summed E-state index contributed by atoms with van der Waals surface area (Å²) in [5.41, 5.74) is -0.490. The maximum Gasteiger partial charge on any atom is 0.340 e. The molecule has 1 aliphatic heterocycles. The van der Waals surface area contributed by atoms with Gasteiger partial charge in [-0.2, -0.15) is 9.29 Å². The van der Waals surface area contributed by atoms with Gasteiger partial charge >= 0.3 is 6.03 Å². The van der Waals surface area contributed by atoms with E-state index in [1.165, 1.54) is 30.3 Å². The second-order valence-electron chi connectivity index (χ2n) is 8.14. The third-order valence-electron chi connectivity index (χ3n) is 5.56. The lowest BCUT2D eigenvalue weighted by atomic mass is 10.1. The SMILES string of the molecule is O=C(Nc1nc(N2CCCCC2)ncc1S(=O)(=O)c1ccc(Cl)cc1)N(c1ccc(Cl)cc1Cl)S(=O)(=O)[O-]. The van der Waals surface area contributed by atoms with Gasteiger partial charge in [-0.25, -0.2) is 26.6 Å². The van der Waals surface area contributed by atoms with Gasteiger partial charge in [-0.15, -0.1) is 0 Å². The van der Waals surface area contributed by atoms with Crippen LogP contribution in [0.5, 0.6) is 0 Å². The molecule has 202 valence electrons. The first-order chi connectivity index (χ1) is 17.9. The van der Waals surface area contributed by atoms with Gasteiger partial charge in [0.1, 0.15) is 4.90 Å². The Morgan fingerprint density at radius 3 is 2.18 bits per heavy atom. The molecule has 4 rings (SSSR count). The Labute approximate surface area is 234 Å². The second kappa shape index (κ2) is 11.2. The van der Waals surface area contributed by atoms with E-state index >= 15 is 0 Å². The molecule has 1 N–H and O–H groups in total. The highest BCUT2D eigenvalue weighted by Gasteiger charge is 2.30. The fraction of sp³-hybridized carbons (Fsp3) is 0.227. The lowest BCUT2D eigenvalue weighted by Gasteiger charge is -2.28. The van der Waals surface area contributed by atoms with Crippen molar-refractivity contribution in [1.82, 2.24) is 9.97 Å². The largest absolute Gasteiger partial charge is 0.730 e. The number of anilines is 3. The van der Waals surface area contributed by atoms with E-state index in [4.69, 9.17) is 34.8 Å². The molecule has 0 radical (unpaired) electrons. The van der Waals surface area contributed by atoms with Crippen LogP contribution >= 0.6 is 34.8 Å². The molecule has 0 spiro atoms. The zero-order chi connectivity index (χ0) is 27.7. The average Bonchev–Trinajstić information content (AvgIpc) is 2.85. The van der Waals surface area contributed by atoms with Crippen LogP contribution in [0.1, 0.15) is 19.3 Å². The molecule has 16 heteroatoms. The number of carbonyl (C=O) groups excluding carboxylic acids is 1. The molecule has 0 bridgehead atoms. The first-order valence-corrected chi connectivity index (χ1v) is 15.0. The topological polar surface area (TPSA) is 153 Å². The summed E-state index contributed by atoms with van der Waals surface area (Å²) in [4.78, 5) is 22.7. The minimum Gasteiger partial charge on any atom is -0.730 e. The Bertz CT molecular complexity index is 1580. The summed E-state index contributed by atoms with van der Waals surface area (Å²) in [7, 11) is -9.81. The highest BCUT2D eigenvalue weighted by atomic mass is 35.5. The van der Waals surface area contributed by atoms with Gasteiger partial charge in [-0.05, 0) is 61.7 Å². The number of nitrogens with zero attached hydrogens (tertiary/aromatic N) is 4. The van der Waals surface area contributed by atoms with Gasteiger partial charge in [0, 0.05) is 23.1 Å². The van der Waals surface area contributed by atoms with Crippen LogP contribution in [0.25, 0.3) is 0 Å². The summed E-state index contributed by atoms with van der Waals surface area (Å²) >= 11 is 17.8. The fourth-order valence-electron chi connectivity index (χ4n) is 3.76. The molecule has 2 heterocycles. The van der Waals surface area contributed by atoms with Crippen molar-refractivity contribution in [2.75, 3.05) is 27.6 Å². The van der Waals surface area contributed by atoms with Crippen LogP contribution < -0.4 is 14.5 Å². The first kappa shape index (κ1) is 28.3. The standard InChI is InChI=1S/C22H20Cl3N5O6S2/c23-14-4-7-16(8-5-14)37(32,33)19-13-26-21(29-10-2-1-3-11-29)27-20(19)28-22(31)30(38(34,35)36)18-9-6-15(24)12-17(18)25/h4-9,12-13H,1-3,10-11H2,(H,34,35,36)(H,26,27,28,31)/p-1. The van der Waals surface area contributed by atoms with Gasteiger partial charge in [0.25, 0.3) is 0 Å². The van der Waals surface area contributed by atoms with Crippen LogP contribution in [-0.4, -0.2) is 50.5 Å². The molecule has 1 saturated heterocycles. The second-order valence-corrected chi connectivity index (χ2v) is 12.6. The lowest BCUT2D eigenvalue weighted by Crippen LogP contribution is -2.40. The molecule has 2 amide bonds. The van der Waals surface area contributed by atoms with E-state index in [2.05, 4.69) is 15.3 Å². The maximum absolute atomic E-state index is 13.4. The van der Waals surface area contributed by atoms with Gasteiger partial charge in [0.05, 0.1) is 21.8 Å². The molecule has 1 fully saturated rings. The molecule has 2 aromatic carbocycles. The summed E-state index contributed by atoms with van der Waals surface area (Å²) in [6, 6.07) is 7.15. The monoisotopic (exact) mass is 618 g/mol. The number of benzene rings is 2. The molecule has 0 aliphatic carbocycles. The summed E-state index contributed by atoms with van der Waals surface area (Å²) in [5.74, 6) is -0.407.